The Morgan fingerprint density at radius 1 is 1.41 bits per heavy atom. The normalized spacial score (nSPS) is 18.2. The number of aromatic nitrogens is 1. The first-order valence-corrected chi connectivity index (χ1v) is 5.55. The van der Waals surface area contributed by atoms with Gasteiger partial charge in [0.1, 0.15) is 0 Å². The molecular weight excluding hydrogens is 222 g/mol. The molecule has 1 fully saturated rings. The summed E-state index contributed by atoms with van der Waals surface area (Å²) in [6.45, 7) is 1.35. The number of ether oxygens (including phenoxy) is 1. The van der Waals surface area contributed by atoms with Crippen LogP contribution in [0.1, 0.15) is 12.0 Å². The standard InChI is InChI=1S/C12H13NO4/c14-4-3-12(6-16-7-12)8-1-2-10-9(5-8)13-11(15)17-10/h1-2,5,14H,3-4,6-7H2,(H,13,15). The van der Waals surface area contributed by atoms with Gasteiger partial charge < -0.3 is 14.3 Å². The van der Waals surface area contributed by atoms with Gasteiger partial charge in [-0.05, 0) is 24.1 Å². The number of oxazole rings is 1. The largest absolute Gasteiger partial charge is 0.417 e. The Morgan fingerprint density at radius 2 is 2.24 bits per heavy atom. The lowest BCUT2D eigenvalue weighted by Gasteiger charge is -2.41. The molecule has 2 aromatic rings. The van der Waals surface area contributed by atoms with Crippen LogP contribution in [0, 0.1) is 0 Å². The SMILES string of the molecule is O=c1[nH]c2cc(C3(CCO)COC3)ccc2o1. The molecular formula is C12H13NO4. The van der Waals surface area contributed by atoms with Crippen LogP contribution in [0.2, 0.25) is 0 Å². The van der Waals surface area contributed by atoms with Gasteiger partial charge in [0, 0.05) is 12.0 Å². The summed E-state index contributed by atoms with van der Waals surface area (Å²) in [5.74, 6) is -0.446. The summed E-state index contributed by atoms with van der Waals surface area (Å²) in [5, 5.41) is 9.11. The molecule has 2 N–H and O–H groups in total. The third-order valence-corrected chi connectivity index (χ3v) is 3.38. The molecule has 5 nitrogen and oxygen atoms in total. The smallest absolute Gasteiger partial charge is 0.408 e. The van der Waals surface area contributed by atoms with Gasteiger partial charge in [0.15, 0.2) is 5.58 Å². The van der Waals surface area contributed by atoms with E-state index in [9.17, 15) is 4.79 Å². The van der Waals surface area contributed by atoms with Gasteiger partial charge in [0.2, 0.25) is 0 Å². The molecule has 0 spiro atoms. The maximum absolute atomic E-state index is 11.1. The van der Waals surface area contributed by atoms with Crippen LogP contribution < -0.4 is 5.76 Å². The van der Waals surface area contributed by atoms with Crippen molar-refractivity contribution in [3.05, 3.63) is 34.3 Å². The lowest BCUT2D eigenvalue weighted by molar-refractivity contribution is -0.0700. The second-order valence-corrected chi connectivity index (χ2v) is 4.47. The Hall–Kier alpha value is -1.59. The molecule has 5 heteroatoms. The highest BCUT2D eigenvalue weighted by atomic mass is 16.5. The fourth-order valence-corrected chi connectivity index (χ4v) is 2.30. The minimum Gasteiger partial charge on any atom is -0.408 e. The van der Waals surface area contributed by atoms with Gasteiger partial charge in [-0.15, -0.1) is 0 Å². The van der Waals surface area contributed by atoms with E-state index in [2.05, 4.69) is 4.98 Å². The molecule has 0 bridgehead atoms. The molecule has 1 saturated heterocycles. The van der Waals surface area contributed by atoms with Crippen molar-refractivity contribution < 1.29 is 14.3 Å². The van der Waals surface area contributed by atoms with Gasteiger partial charge in [0.25, 0.3) is 0 Å². The first-order valence-electron chi connectivity index (χ1n) is 5.55. The van der Waals surface area contributed by atoms with Gasteiger partial charge in [0.05, 0.1) is 18.7 Å². The summed E-state index contributed by atoms with van der Waals surface area (Å²) in [6, 6.07) is 5.61. The number of nitrogens with one attached hydrogen (secondary N) is 1. The van der Waals surface area contributed by atoms with E-state index in [1.165, 1.54) is 0 Å². The van der Waals surface area contributed by atoms with Crippen LogP contribution >= 0.6 is 0 Å². The Labute approximate surface area is 97.0 Å². The van der Waals surface area contributed by atoms with Crippen molar-refractivity contribution in [3.63, 3.8) is 0 Å². The molecule has 0 radical (unpaired) electrons. The van der Waals surface area contributed by atoms with Crippen molar-refractivity contribution in [2.75, 3.05) is 19.8 Å². The number of fused-ring (bicyclic) bond motifs is 1. The molecule has 90 valence electrons. The molecule has 1 aliphatic rings. The summed E-state index contributed by atoms with van der Waals surface area (Å²) in [7, 11) is 0. The van der Waals surface area contributed by atoms with Crippen LogP contribution in [0.3, 0.4) is 0 Å². The molecule has 0 atom stereocenters. The van der Waals surface area contributed by atoms with Crippen molar-refractivity contribution in [1.29, 1.82) is 0 Å². The van der Waals surface area contributed by atoms with Gasteiger partial charge in [-0.1, -0.05) is 6.07 Å². The molecule has 0 unspecified atom stereocenters. The first-order chi connectivity index (χ1) is 8.23. The summed E-state index contributed by atoms with van der Waals surface area (Å²) >= 11 is 0. The van der Waals surface area contributed by atoms with E-state index < -0.39 is 5.76 Å². The molecule has 1 aromatic carbocycles. The molecule has 2 heterocycles. The zero-order valence-corrected chi connectivity index (χ0v) is 9.23. The van der Waals surface area contributed by atoms with Crippen LogP contribution in [-0.2, 0) is 10.2 Å². The lowest BCUT2D eigenvalue weighted by Crippen LogP contribution is -2.47. The number of hydrogen-bond acceptors (Lipinski definition) is 4. The average Bonchev–Trinajstić information content (AvgIpc) is 2.62. The number of aromatic amines is 1. The average molecular weight is 235 g/mol. The summed E-state index contributed by atoms with van der Waals surface area (Å²) in [5.41, 5.74) is 2.20. The zero-order chi connectivity index (χ0) is 11.9. The van der Waals surface area contributed by atoms with Crippen molar-refractivity contribution >= 4 is 11.1 Å². The number of aliphatic hydroxyl groups is 1. The van der Waals surface area contributed by atoms with E-state index >= 15 is 0 Å². The first kappa shape index (κ1) is 10.6. The van der Waals surface area contributed by atoms with E-state index in [4.69, 9.17) is 14.3 Å². The highest BCUT2D eigenvalue weighted by Gasteiger charge is 2.39. The van der Waals surface area contributed by atoms with E-state index in [1.807, 2.05) is 12.1 Å². The summed E-state index contributed by atoms with van der Waals surface area (Å²) < 4.78 is 10.2. The van der Waals surface area contributed by atoms with Crippen LogP contribution in [0.4, 0.5) is 0 Å². The minimum atomic E-state index is -0.446. The maximum atomic E-state index is 11.1. The molecule has 1 aromatic heterocycles. The summed E-state index contributed by atoms with van der Waals surface area (Å²) in [6.07, 6.45) is 0.667. The fourth-order valence-electron chi connectivity index (χ4n) is 2.30. The maximum Gasteiger partial charge on any atom is 0.417 e. The van der Waals surface area contributed by atoms with Crippen molar-refractivity contribution in [1.82, 2.24) is 4.98 Å². The van der Waals surface area contributed by atoms with Crippen molar-refractivity contribution in [2.45, 2.75) is 11.8 Å². The van der Waals surface area contributed by atoms with Gasteiger partial charge in [-0.3, -0.25) is 4.98 Å². The highest BCUT2D eigenvalue weighted by Crippen LogP contribution is 2.36. The molecule has 0 amide bonds. The number of rotatable bonds is 3. The number of H-pyrrole nitrogens is 1. The Balaban J connectivity index is 2.07. The predicted molar refractivity (Wildman–Crippen MR) is 61.0 cm³/mol. The molecule has 0 aliphatic carbocycles. The molecule has 3 rings (SSSR count). The quantitative estimate of drug-likeness (QED) is 0.824. The Bertz CT molecular complexity index is 594. The number of hydrogen-bond donors (Lipinski definition) is 2. The molecule has 17 heavy (non-hydrogen) atoms. The van der Waals surface area contributed by atoms with Gasteiger partial charge >= 0.3 is 5.76 Å². The number of aliphatic hydroxyl groups excluding tert-OH is 1. The summed E-state index contributed by atoms with van der Waals surface area (Å²) in [4.78, 5) is 13.7. The third kappa shape index (κ3) is 1.59. The Morgan fingerprint density at radius 3 is 2.88 bits per heavy atom. The second kappa shape index (κ2) is 3.72. The fraction of sp³-hybridized carbons (Fsp3) is 0.417. The van der Waals surface area contributed by atoms with Crippen molar-refractivity contribution in [2.24, 2.45) is 0 Å². The highest BCUT2D eigenvalue weighted by molar-refractivity contribution is 5.73. The van der Waals surface area contributed by atoms with Crippen LogP contribution in [0.15, 0.2) is 27.4 Å². The molecule has 1 aliphatic heterocycles. The van der Waals surface area contributed by atoms with Crippen LogP contribution in [0.5, 0.6) is 0 Å². The lowest BCUT2D eigenvalue weighted by atomic mass is 9.76. The Kier molecular flexibility index (Phi) is 2.31. The zero-order valence-electron chi connectivity index (χ0n) is 9.23. The monoisotopic (exact) mass is 235 g/mol. The number of benzene rings is 1. The van der Waals surface area contributed by atoms with E-state index in [1.54, 1.807) is 6.07 Å². The van der Waals surface area contributed by atoms with E-state index in [0.29, 0.717) is 30.7 Å². The van der Waals surface area contributed by atoms with E-state index in [0.717, 1.165) is 5.56 Å². The molecule has 0 saturated carbocycles. The van der Waals surface area contributed by atoms with E-state index in [-0.39, 0.29) is 12.0 Å². The van der Waals surface area contributed by atoms with Gasteiger partial charge in [-0.2, -0.15) is 0 Å². The van der Waals surface area contributed by atoms with Gasteiger partial charge in [-0.25, -0.2) is 4.79 Å². The third-order valence-electron chi connectivity index (χ3n) is 3.38. The topological polar surface area (TPSA) is 75.5 Å². The predicted octanol–water partition coefficient (Wildman–Crippen LogP) is 0.771. The minimum absolute atomic E-state index is 0.114. The van der Waals surface area contributed by atoms with Crippen LogP contribution in [0.25, 0.3) is 11.1 Å². The van der Waals surface area contributed by atoms with Crippen LogP contribution in [-0.4, -0.2) is 29.9 Å². The second-order valence-electron chi connectivity index (χ2n) is 4.47. The van der Waals surface area contributed by atoms with Crippen molar-refractivity contribution in [3.8, 4) is 0 Å².